The second-order valence-corrected chi connectivity index (χ2v) is 4.80. The van der Waals surface area contributed by atoms with Crippen LogP contribution in [0.5, 0.6) is 0 Å². The average Bonchev–Trinajstić information content (AvgIpc) is 2.83. The molecule has 2 rings (SSSR count). The molecule has 3 heteroatoms. The standard InChI is InChI=1S/C17H19NO2/c1-14-9-10-17(20-14)13-18(2)12-16-7-4-3-6-15(16)8-5-11-19/h3-4,6-7,9-10,19H,11-13H2,1-2H3. The van der Waals surface area contributed by atoms with Gasteiger partial charge < -0.3 is 9.52 Å². The van der Waals surface area contributed by atoms with Gasteiger partial charge in [0.15, 0.2) is 0 Å². The van der Waals surface area contributed by atoms with E-state index in [-0.39, 0.29) is 6.61 Å². The summed E-state index contributed by atoms with van der Waals surface area (Å²) < 4.78 is 5.58. The summed E-state index contributed by atoms with van der Waals surface area (Å²) in [5, 5.41) is 8.80. The fraction of sp³-hybridized carbons (Fsp3) is 0.294. The number of aliphatic hydroxyl groups excluding tert-OH is 1. The number of hydrogen-bond acceptors (Lipinski definition) is 3. The zero-order valence-corrected chi connectivity index (χ0v) is 11.9. The highest BCUT2D eigenvalue weighted by molar-refractivity contribution is 5.41. The first-order chi connectivity index (χ1) is 9.69. The Kier molecular flexibility index (Phi) is 5.00. The molecule has 20 heavy (non-hydrogen) atoms. The van der Waals surface area contributed by atoms with Gasteiger partial charge in [-0.25, -0.2) is 0 Å². The van der Waals surface area contributed by atoms with Crippen molar-refractivity contribution in [1.29, 1.82) is 0 Å². The Morgan fingerprint density at radius 3 is 2.65 bits per heavy atom. The fourth-order valence-corrected chi connectivity index (χ4v) is 2.10. The molecule has 104 valence electrons. The summed E-state index contributed by atoms with van der Waals surface area (Å²) in [7, 11) is 2.05. The molecule has 3 nitrogen and oxygen atoms in total. The maximum absolute atomic E-state index is 8.80. The van der Waals surface area contributed by atoms with Gasteiger partial charge in [-0.3, -0.25) is 4.90 Å². The molecule has 1 heterocycles. The SMILES string of the molecule is Cc1ccc(CN(C)Cc2ccccc2C#CCO)o1. The average molecular weight is 269 g/mol. The third-order valence-corrected chi connectivity index (χ3v) is 2.98. The van der Waals surface area contributed by atoms with Crippen LogP contribution in [0, 0.1) is 18.8 Å². The zero-order chi connectivity index (χ0) is 14.4. The monoisotopic (exact) mass is 269 g/mol. The molecule has 0 atom stereocenters. The number of hydrogen-bond donors (Lipinski definition) is 1. The Morgan fingerprint density at radius 2 is 1.95 bits per heavy atom. The van der Waals surface area contributed by atoms with E-state index in [1.807, 2.05) is 44.3 Å². The van der Waals surface area contributed by atoms with Crippen LogP contribution < -0.4 is 0 Å². The van der Waals surface area contributed by atoms with E-state index in [1.165, 1.54) is 0 Å². The van der Waals surface area contributed by atoms with E-state index in [1.54, 1.807) is 0 Å². The van der Waals surface area contributed by atoms with Gasteiger partial charge >= 0.3 is 0 Å². The van der Waals surface area contributed by atoms with E-state index in [0.717, 1.165) is 35.7 Å². The van der Waals surface area contributed by atoms with Gasteiger partial charge in [-0.05, 0) is 37.7 Å². The van der Waals surface area contributed by atoms with Gasteiger partial charge in [0.1, 0.15) is 18.1 Å². The van der Waals surface area contributed by atoms with Crippen molar-refractivity contribution in [3.05, 3.63) is 59.0 Å². The summed E-state index contributed by atoms with van der Waals surface area (Å²) in [6, 6.07) is 12.0. The largest absolute Gasteiger partial charge is 0.465 e. The molecule has 0 aliphatic carbocycles. The summed E-state index contributed by atoms with van der Waals surface area (Å²) in [6.45, 7) is 3.38. The van der Waals surface area contributed by atoms with E-state index < -0.39 is 0 Å². The Hall–Kier alpha value is -2.02. The molecule has 1 aromatic carbocycles. The van der Waals surface area contributed by atoms with Gasteiger partial charge in [0.05, 0.1) is 6.54 Å². The first-order valence-electron chi connectivity index (χ1n) is 6.60. The molecule has 1 N–H and O–H groups in total. The fourth-order valence-electron chi connectivity index (χ4n) is 2.10. The van der Waals surface area contributed by atoms with E-state index >= 15 is 0 Å². The van der Waals surface area contributed by atoms with Crippen molar-refractivity contribution in [1.82, 2.24) is 4.90 Å². The van der Waals surface area contributed by atoms with Crippen LogP contribution in [0.3, 0.4) is 0 Å². The first kappa shape index (κ1) is 14.4. The Bertz CT molecular complexity index is 619. The highest BCUT2D eigenvalue weighted by atomic mass is 16.3. The van der Waals surface area contributed by atoms with Gasteiger partial charge in [0.25, 0.3) is 0 Å². The first-order valence-corrected chi connectivity index (χ1v) is 6.60. The van der Waals surface area contributed by atoms with E-state index in [2.05, 4.69) is 22.8 Å². The number of nitrogens with zero attached hydrogens (tertiary/aromatic N) is 1. The minimum Gasteiger partial charge on any atom is -0.465 e. The van der Waals surface area contributed by atoms with E-state index in [0.29, 0.717) is 0 Å². The molecule has 2 aromatic rings. The molecule has 0 fully saturated rings. The quantitative estimate of drug-likeness (QED) is 0.867. The highest BCUT2D eigenvalue weighted by Gasteiger charge is 2.07. The summed E-state index contributed by atoms with van der Waals surface area (Å²) >= 11 is 0. The lowest BCUT2D eigenvalue weighted by atomic mass is 10.1. The molecule has 0 unspecified atom stereocenters. The maximum Gasteiger partial charge on any atom is 0.118 e. The summed E-state index contributed by atoms with van der Waals surface area (Å²) in [4.78, 5) is 2.18. The van der Waals surface area contributed by atoms with Crippen molar-refractivity contribution in [3.8, 4) is 11.8 Å². The number of aryl methyl sites for hydroxylation is 1. The molecular formula is C17H19NO2. The third kappa shape index (κ3) is 3.99. The predicted octanol–water partition coefficient (Wildman–Crippen LogP) is 2.56. The lowest BCUT2D eigenvalue weighted by Crippen LogP contribution is -2.17. The second kappa shape index (κ2) is 6.95. The number of aliphatic hydroxyl groups is 1. The summed E-state index contributed by atoms with van der Waals surface area (Å²) in [5.41, 5.74) is 2.11. The predicted molar refractivity (Wildman–Crippen MR) is 79.0 cm³/mol. The van der Waals surface area contributed by atoms with E-state index in [4.69, 9.17) is 9.52 Å². The lowest BCUT2D eigenvalue weighted by molar-refractivity contribution is 0.285. The molecular weight excluding hydrogens is 250 g/mol. The summed E-state index contributed by atoms with van der Waals surface area (Å²) in [6.07, 6.45) is 0. The van der Waals surface area contributed by atoms with Gasteiger partial charge in [-0.15, -0.1) is 0 Å². The Balaban J connectivity index is 2.05. The van der Waals surface area contributed by atoms with E-state index in [9.17, 15) is 0 Å². The van der Waals surface area contributed by atoms with Gasteiger partial charge in [0.2, 0.25) is 0 Å². The minimum absolute atomic E-state index is 0.115. The van der Waals surface area contributed by atoms with Crippen LogP contribution in [0.25, 0.3) is 0 Å². The van der Waals surface area contributed by atoms with Crippen molar-refractivity contribution >= 4 is 0 Å². The topological polar surface area (TPSA) is 36.6 Å². The minimum atomic E-state index is -0.115. The van der Waals surface area contributed by atoms with Crippen LogP contribution in [0.1, 0.15) is 22.6 Å². The Labute approximate surface area is 119 Å². The van der Waals surface area contributed by atoms with Crippen LogP contribution in [0.4, 0.5) is 0 Å². The molecule has 0 spiro atoms. The number of furan rings is 1. The molecule has 0 radical (unpaired) electrons. The number of benzene rings is 1. The molecule has 0 saturated carbocycles. The van der Waals surface area contributed by atoms with Gasteiger partial charge in [-0.1, -0.05) is 30.0 Å². The molecule has 0 saturated heterocycles. The molecule has 1 aromatic heterocycles. The van der Waals surface area contributed by atoms with Crippen LogP contribution >= 0.6 is 0 Å². The molecule has 0 aliphatic rings. The maximum atomic E-state index is 8.80. The van der Waals surface area contributed by atoms with Gasteiger partial charge in [-0.2, -0.15) is 0 Å². The number of rotatable bonds is 4. The molecule has 0 aliphatic heterocycles. The van der Waals surface area contributed by atoms with Crippen molar-refractivity contribution in [2.75, 3.05) is 13.7 Å². The zero-order valence-electron chi connectivity index (χ0n) is 11.9. The Morgan fingerprint density at radius 1 is 1.15 bits per heavy atom. The highest BCUT2D eigenvalue weighted by Crippen LogP contribution is 2.13. The van der Waals surface area contributed by atoms with Crippen LogP contribution in [0.15, 0.2) is 40.8 Å². The lowest BCUT2D eigenvalue weighted by Gasteiger charge is -2.16. The van der Waals surface area contributed by atoms with Gasteiger partial charge in [0, 0.05) is 12.1 Å². The smallest absolute Gasteiger partial charge is 0.118 e. The third-order valence-electron chi connectivity index (χ3n) is 2.98. The van der Waals surface area contributed by atoms with Crippen molar-refractivity contribution in [3.63, 3.8) is 0 Å². The van der Waals surface area contributed by atoms with Crippen LogP contribution in [-0.4, -0.2) is 23.7 Å². The second-order valence-electron chi connectivity index (χ2n) is 4.80. The summed E-state index contributed by atoms with van der Waals surface area (Å²) in [5.74, 6) is 7.58. The molecule has 0 amide bonds. The van der Waals surface area contributed by atoms with Crippen LogP contribution in [0.2, 0.25) is 0 Å². The normalized spacial score (nSPS) is 10.4. The van der Waals surface area contributed by atoms with Crippen molar-refractivity contribution < 1.29 is 9.52 Å². The van der Waals surface area contributed by atoms with Crippen molar-refractivity contribution in [2.45, 2.75) is 20.0 Å². The van der Waals surface area contributed by atoms with Crippen molar-refractivity contribution in [2.24, 2.45) is 0 Å². The molecule has 0 bridgehead atoms. The van der Waals surface area contributed by atoms with Crippen LogP contribution in [-0.2, 0) is 13.1 Å².